The smallest absolute Gasteiger partial charge is 0.268 e. The van der Waals surface area contributed by atoms with Crippen molar-refractivity contribution in [3.05, 3.63) is 77.9 Å². The van der Waals surface area contributed by atoms with Gasteiger partial charge < -0.3 is 0 Å². The molecule has 2 heterocycles. The Labute approximate surface area is 187 Å². The first-order valence-electron chi connectivity index (χ1n) is 9.12. The van der Waals surface area contributed by atoms with Gasteiger partial charge in [-0.2, -0.15) is 0 Å². The molecule has 0 spiro atoms. The zero-order chi connectivity index (χ0) is 22.5. The van der Waals surface area contributed by atoms with Crippen molar-refractivity contribution in [2.24, 2.45) is 0 Å². The largest absolute Gasteiger partial charge is 0.279 e. The van der Waals surface area contributed by atoms with Gasteiger partial charge in [0, 0.05) is 16.6 Å². The van der Waals surface area contributed by atoms with Gasteiger partial charge in [0.15, 0.2) is 0 Å². The average Bonchev–Trinajstić information content (AvgIpc) is 3.38. The van der Waals surface area contributed by atoms with E-state index in [2.05, 4.69) is 19.7 Å². The van der Waals surface area contributed by atoms with Crippen molar-refractivity contribution in [1.29, 1.82) is 0 Å². The highest BCUT2D eigenvalue weighted by Gasteiger charge is 2.27. The quantitative estimate of drug-likeness (QED) is 0.398. The van der Waals surface area contributed by atoms with Gasteiger partial charge in [0.1, 0.15) is 15.9 Å². The van der Waals surface area contributed by atoms with E-state index in [4.69, 9.17) is 11.6 Å². The molecule has 0 atom stereocenters. The first-order valence-corrected chi connectivity index (χ1v) is 12.4. The minimum atomic E-state index is -4.18. The molecule has 0 saturated heterocycles. The van der Waals surface area contributed by atoms with Crippen molar-refractivity contribution in [3.8, 4) is 0 Å². The number of rotatable bonds is 5. The average molecular weight is 489 g/mol. The minimum absolute atomic E-state index is 0.0118. The molecule has 5 aromatic rings. The summed E-state index contributed by atoms with van der Waals surface area (Å²) in [6, 6.07) is 16.6. The van der Waals surface area contributed by atoms with Crippen molar-refractivity contribution in [2.75, 3.05) is 4.72 Å². The molecule has 32 heavy (non-hydrogen) atoms. The Morgan fingerprint density at radius 1 is 0.875 bits per heavy atom. The fraction of sp³-hybridized carbons (Fsp3) is 0. The topological polar surface area (TPSA) is 124 Å². The number of hydrogen-bond acceptors (Lipinski definition) is 7. The fourth-order valence-corrected chi connectivity index (χ4v) is 6.18. The first-order chi connectivity index (χ1) is 15.3. The molecule has 0 aliphatic rings. The molecule has 2 aromatic heterocycles. The second-order valence-corrected chi connectivity index (χ2v) is 10.7. The van der Waals surface area contributed by atoms with E-state index >= 15 is 0 Å². The normalized spacial score (nSPS) is 12.4. The van der Waals surface area contributed by atoms with Gasteiger partial charge in [-0.3, -0.25) is 4.72 Å². The SMILES string of the molecule is O=S(=O)(Nc1ccc2nonc2c1)c1cn(S(=O)(=O)c2ccccc2)c2cc(Cl)ccc12. The first kappa shape index (κ1) is 20.5. The van der Waals surface area contributed by atoms with Gasteiger partial charge in [-0.15, -0.1) is 0 Å². The number of aromatic nitrogens is 3. The van der Waals surface area contributed by atoms with Crippen LogP contribution in [-0.2, 0) is 20.0 Å². The minimum Gasteiger partial charge on any atom is -0.279 e. The van der Waals surface area contributed by atoms with Crippen LogP contribution < -0.4 is 4.72 Å². The summed E-state index contributed by atoms with van der Waals surface area (Å²) < 4.78 is 61.0. The van der Waals surface area contributed by atoms with Crippen LogP contribution in [0.2, 0.25) is 5.02 Å². The molecule has 12 heteroatoms. The molecule has 0 fully saturated rings. The number of nitrogens with one attached hydrogen (secondary N) is 1. The Bertz CT molecular complexity index is 1690. The predicted molar refractivity (Wildman–Crippen MR) is 119 cm³/mol. The van der Waals surface area contributed by atoms with E-state index in [0.717, 1.165) is 10.2 Å². The highest BCUT2D eigenvalue weighted by Crippen LogP contribution is 2.32. The molecule has 9 nitrogen and oxygen atoms in total. The second kappa shape index (κ2) is 7.33. The number of benzene rings is 3. The molecule has 0 bridgehead atoms. The Morgan fingerprint density at radius 2 is 1.62 bits per heavy atom. The highest BCUT2D eigenvalue weighted by molar-refractivity contribution is 7.93. The Kier molecular flexibility index (Phi) is 4.69. The third kappa shape index (κ3) is 3.40. The molecule has 0 aliphatic carbocycles. The number of sulfonamides is 1. The maximum Gasteiger partial charge on any atom is 0.268 e. The highest BCUT2D eigenvalue weighted by atomic mass is 35.5. The lowest BCUT2D eigenvalue weighted by atomic mass is 10.2. The van der Waals surface area contributed by atoms with Crippen molar-refractivity contribution in [2.45, 2.75) is 9.79 Å². The molecular weight excluding hydrogens is 476 g/mol. The summed E-state index contributed by atoms with van der Waals surface area (Å²) in [4.78, 5) is -0.209. The summed E-state index contributed by atoms with van der Waals surface area (Å²) in [5.41, 5.74) is 1.19. The monoisotopic (exact) mass is 488 g/mol. The summed E-state index contributed by atoms with van der Waals surface area (Å²) in [5.74, 6) is 0. The Balaban J connectivity index is 1.67. The van der Waals surface area contributed by atoms with E-state index < -0.39 is 20.0 Å². The molecule has 1 N–H and O–H groups in total. The van der Waals surface area contributed by atoms with E-state index in [1.165, 1.54) is 42.5 Å². The van der Waals surface area contributed by atoms with Crippen LogP contribution in [0.5, 0.6) is 0 Å². The second-order valence-electron chi connectivity index (χ2n) is 6.84. The standard InChI is InChI=1S/C20H13ClN4O5S2/c21-13-6-8-16-19(10-13)25(32(28,29)15-4-2-1-3-5-15)12-20(16)31(26,27)24-14-7-9-17-18(11-14)23-30-22-17/h1-12,24H. The van der Waals surface area contributed by atoms with E-state index in [1.54, 1.807) is 24.3 Å². The van der Waals surface area contributed by atoms with Crippen molar-refractivity contribution in [1.82, 2.24) is 14.3 Å². The van der Waals surface area contributed by atoms with Crippen molar-refractivity contribution < 1.29 is 21.5 Å². The van der Waals surface area contributed by atoms with Gasteiger partial charge >= 0.3 is 0 Å². The van der Waals surface area contributed by atoms with Crippen LogP contribution in [0.15, 0.2) is 87.3 Å². The number of fused-ring (bicyclic) bond motifs is 2. The number of halogens is 1. The zero-order valence-corrected chi connectivity index (χ0v) is 18.4. The number of hydrogen-bond donors (Lipinski definition) is 1. The number of nitrogens with zero attached hydrogens (tertiary/aromatic N) is 3. The Hall–Kier alpha value is -3.41. The maximum atomic E-state index is 13.3. The lowest BCUT2D eigenvalue weighted by Gasteiger charge is -2.07. The molecule has 162 valence electrons. The predicted octanol–water partition coefficient (Wildman–Crippen LogP) is 3.87. The summed E-state index contributed by atoms with van der Waals surface area (Å²) in [5, 5.41) is 7.83. The van der Waals surface area contributed by atoms with Gasteiger partial charge in [0.05, 0.1) is 16.1 Å². The van der Waals surface area contributed by atoms with Crippen LogP contribution in [0.25, 0.3) is 21.9 Å². The summed E-state index contributed by atoms with van der Waals surface area (Å²) in [7, 11) is -8.26. The van der Waals surface area contributed by atoms with Crippen molar-refractivity contribution in [3.63, 3.8) is 0 Å². The summed E-state index contributed by atoms with van der Waals surface area (Å²) in [6.07, 6.45) is 1.07. The van der Waals surface area contributed by atoms with E-state index in [9.17, 15) is 16.8 Å². The molecule has 0 unspecified atom stereocenters. The van der Waals surface area contributed by atoms with E-state index in [-0.39, 0.29) is 31.4 Å². The zero-order valence-electron chi connectivity index (χ0n) is 16.0. The van der Waals surface area contributed by atoms with Gasteiger partial charge in [-0.25, -0.2) is 25.4 Å². The van der Waals surface area contributed by atoms with Crippen LogP contribution in [-0.4, -0.2) is 31.1 Å². The molecule has 0 aliphatic heterocycles. The van der Waals surface area contributed by atoms with Crippen LogP contribution in [0, 0.1) is 0 Å². The lowest BCUT2D eigenvalue weighted by molar-refractivity contribution is 0.315. The number of anilines is 1. The third-order valence-corrected chi connectivity index (χ3v) is 8.12. The van der Waals surface area contributed by atoms with E-state index in [1.807, 2.05) is 0 Å². The van der Waals surface area contributed by atoms with Gasteiger partial charge in [0.2, 0.25) is 0 Å². The summed E-state index contributed by atoms with van der Waals surface area (Å²) in [6.45, 7) is 0. The third-order valence-electron chi connectivity index (χ3n) is 4.79. The van der Waals surface area contributed by atoms with Crippen molar-refractivity contribution >= 4 is 59.3 Å². The van der Waals surface area contributed by atoms with E-state index in [0.29, 0.717) is 11.0 Å². The molecule has 0 saturated carbocycles. The van der Waals surface area contributed by atoms with Gasteiger partial charge in [-0.05, 0) is 58.8 Å². The maximum absolute atomic E-state index is 13.3. The van der Waals surface area contributed by atoms with Crippen LogP contribution in [0.1, 0.15) is 0 Å². The molecule has 5 rings (SSSR count). The molecule has 0 amide bonds. The fourth-order valence-electron chi connectivity index (χ4n) is 3.32. The van der Waals surface area contributed by atoms with Crippen LogP contribution >= 0.6 is 11.6 Å². The molecule has 0 radical (unpaired) electrons. The molecular formula is C20H13ClN4O5S2. The van der Waals surface area contributed by atoms with Crippen LogP contribution in [0.4, 0.5) is 5.69 Å². The lowest BCUT2D eigenvalue weighted by Crippen LogP contribution is -2.14. The summed E-state index contributed by atoms with van der Waals surface area (Å²) >= 11 is 6.09. The Morgan fingerprint density at radius 3 is 2.41 bits per heavy atom. The van der Waals surface area contributed by atoms with Gasteiger partial charge in [0.25, 0.3) is 20.0 Å². The van der Waals surface area contributed by atoms with Crippen LogP contribution in [0.3, 0.4) is 0 Å². The van der Waals surface area contributed by atoms with Gasteiger partial charge in [-0.1, -0.05) is 29.8 Å². The molecule has 3 aromatic carbocycles.